The Morgan fingerprint density at radius 3 is 2.67 bits per heavy atom. The summed E-state index contributed by atoms with van der Waals surface area (Å²) in [5.41, 5.74) is 0. The molecule has 0 aliphatic rings. The molecule has 0 rings (SSSR count). The van der Waals surface area contributed by atoms with Gasteiger partial charge in [0.15, 0.2) is 0 Å². The summed E-state index contributed by atoms with van der Waals surface area (Å²) in [5.74, 6) is 0.561. The predicted octanol–water partition coefficient (Wildman–Crippen LogP) is 2.42. The van der Waals surface area contributed by atoms with E-state index in [1.165, 1.54) is 0 Å². The van der Waals surface area contributed by atoms with Gasteiger partial charge in [0.2, 0.25) is 0 Å². The van der Waals surface area contributed by atoms with E-state index in [-0.39, 0.29) is 5.92 Å². The standard InChI is InChI=1S/C10H20O2/c1-4-5-6-10(11)9(2)7-8-12-3/h9H,4-8H2,1-3H3. The van der Waals surface area contributed by atoms with Crippen LogP contribution in [0.3, 0.4) is 0 Å². The van der Waals surface area contributed by atoms with Crippen molar-refractivity contribution in [2.45, 2.75) is 39.5 Å². The fourth-order valence-electron chi connectivity index (χ4n) is 1.05. The molecule has 0 saturated carbocycles. The highest BCUT2D eigenvalue weighted by atomic mass is 16.5. The van der Waals surface area contributed by atoms with Crippen molar-refractivity contribution in [1.29, 1.82) is 0 Å². The van der Waals surface area contributed by atoms with E-state index in [1.807, 2.05) is 6.92 Å². The van der Waals surface area contributed by atoms with Crippen LogP contribution in [0.5, 0.6) is 0 Å². The lowest BCUT2D eigenvalue weighted by Crippen LogP contribution is -2.12. The molecule has 0 aromatic carbocycles. The smallest absolute Gasteiger partial charge is 0.135 e. The Balaban J connectivity index is 3.47. The second-order valence-electron chi connectivity index (χ2n) is 3.25. The van der Waals surface area contributed by atoms with E-state index in [4.69, 9.17) is 4.74 Å². The highest BCUT2D eigenvalue weighted by Gasteiger charge is 2.10. The first kappa shape index (κ1) is 11.6. The molecule has 0 saturated heterocycles. The van der Waals surface area contributed by atoms with Crippen molar-refractivity contribution in [2.24, 2.45) is 5.92 Å². The fourth-order valence-corrected chi connectivity index (χ4v) is 1.05. The van der Waals surface area contributed by atoms with Gasteiger partial charge in [0.25, 0.3) is 0 Å². The molecule has 0 bridgehead atoms. The number of rotatable bonds is 7. The van der Waals surface area contributed by atoms with E-state index < -0.39 is 0 Å². The molecule has 12 heavy (non-hydrogen) atoms. The van der Waals surface area contributed by atoms with Gasteiger partial charge < -0.3 is 4.74 Å². The van der Waals surface area contributed by atoms with E-state index in [0.29, 0.717) is 12.4 Å². The van der Waals surface area contributed by atoms with Crippen molar-refractivity contribution in [3.05, 3.63) is 0 Å². The maximum atomic E-state index is 11.4. The highest BCUT2D eigenvalue weighted by Crippen LogP contribution is 2.08. The van der Waals surface area contributed by atoms with Crippen LogP contribution in [-0.2, 0) is 9.53 Å². The van der Waals surface area contributed by atoms with Gasteiger partial charge in [-0.15, -0.1) is 0 Å². The average Bonchev–Trinajstić information content (AvgIpc) is 2.10. The van der Waals surface area contributed by atoms with Crippen LogP contribution in [0.4, 0.5) is 0 Å². The number of unbranched alkanes of at least 4 members (excludes halogenated alkanes) is 1. The summed E-state index contributed by atoms with van der Waals surface area (Å²) in [5, 5.41) is 0. The van der Waals surface area contributed by atoms with Crippen molar-refractivity contribution in [1.82, 2.24) is 0 Å². The van der Waals surface area contributed by atoms with Gasteiger partial charge in [-0.2, -0.15) is 0 Å². The maximum Gasteiger partial charge on any atom is 0.135 e. The third-order valence-corrected chi connectivity index (χ3v) is 2.08. The zero-order chi connectivity index (χ0) is 9.40. The van der Waals surface area contributed by atoms with Gasteiger partial charge in [-0.05, 0) is 12.8 Å². The molecule has 0 aromatic rings. The van der Waals surface area contributed by atoms with E-state index in [2.05, 4.69) is 6.92 Å². The Hall–Kier alpha value is -0.370. The molecule has 0 aromatic heterocycles. The molecule has 2 heteroatoms. The number of methoxy groups -OCH3 is 1. The summed E-state index contributed by atoms with van der Waals surface area (Å²) in [6, 6.07) is 0. The van der Waals surface area contributed by atoms with Gasteiger partial charge in [0, 0.05) is 26.1 Å². The third kappa shape index (κ3) is 5.30. The van der Waals surface area contributed by atoms with Gasteiger partial charge in [-0.25, -0.2) is 0 Å². The molecule has 0 fully saturated rings. The number of ether oxygens (including phenoxy) is 1. The van der Waals surface area contributed by atoms with Gasteiger partial charge in [-0.1, -0.05) is 20.3 Å². The Labute approximate surface area is 75.3 Å². The maximum absolute atomic E-state index is 11.4. The number of ketones is 1. The molecule has 0 heterocycles. The topological polar surface area (TPSA) is 26.3 Å². The SMILES string of the molecule is CCCCC(=O)C(C)CCOC. The lowest BCUT2D eigenvalue weighted by atomic mass is 9.99. The second-order valence-corrected chi connectivity index (χ2v) is 3.25. The van der Waals surface area contributed by atoms with Crippen LogP contribution in [-0.4, -0.2) is 19.5 Å². The first-order chi connectivity index (χ1) is 5.72. The van der Waals surface area contributed by atoms with E-state index in [1.54, 1.807) is 7.11 Å². The van der Waals surface area contributed by atoms with E-state index in [0.717, 1.165) is 25.7 Å². The Kier molecular flexibility index (Phi) is 7.06. The summed E-state index contributed by atoms with van der Waals surface area (Å²) >= 11 is 0. The first-order valence-electron chi connectivity index (χ1n) is 4.74. The number of hydrogen-bond donors (Lipinski definition) is 0. The molecule has 0 N–H and O–H groups in total. The lowest BCUT2D eigenvalue weighted by Gasteiger charge is -2.08. The molecular weight excluding hydrogens is 152 g/mol. The molecule has 0 radical (unpaired) electrons. The zero-order valence-corrected chi connectivity index (χ0v) is 8.43. The van der Waals surface area contributed by atoms with Crippen molar-refractivity contribution < 1.29 is 9.53 Å². The Morgan fingerprint density at radius 2 is 2.17 bits per heavy atom. The van der Waals surface area contributed by atoms with E-state index in [9.17, 15) is 4.79 Å². The van der Waals surface area contributed by atoms with Crippen LogP contribution in [0.25, 0.3) is 0 Å². The van der Waals surface area contributed by atoms with Gasteiger partial charge >= 0.3 is 0 Å². The second kappa shape index (κ2) is 7.29. The highest BCUT2D eigenvalue weighted by molar-refractivity contribution is 5.80. The predicted molar refractivity (Wildman–Crippen MR) is 50.2 cm³/mol. The van der Waals surface area contributed by atoms with Crippen LogP contribution >= 0.6 is 0 Å². The fraction of sp³-hybridized carbons (Fsp3) is 0.900. The molecular formula is C10H20O2. The van der Waals surface area contributed by atoms with Crippen LogP contribution in [0, 0.1) is 5.92 Å². The Bertz CT molecular complexity index is 121. The average molecular weight is 172 g/mol. The van der Waals surface area contributed by atoms with Gasteiger partial charge in [0.1, 0.15) is 5.78 Å². The summed E-state index contributed by atoms with van der Waals surface area (Å²) in [4.78, 5) is 11.4. The van der Waals surface area contributed by atoms with Gasteiger partial charge in [-0.3, -0.25) is 4.79 Å². The zero-order valence-electron chi connectivity index (χ0n) is 8.43. The summed E-state index contributed by atoms with van der Waals surface area (Å²) in [6.07, 6.45) is 3.72. The van der Waals surface area contributed by atoms with Crippen molar-refractivity contribution >= 4 is 5.78 Å². The molecule has 0 amide bonds. The van der Waals surface area contributed by atoms with Crippen molar-refractivity contribution in [2.75, 3.05) is 13.7 Å². The quantitative estimate of drug-likeness (QED) is 0.589. The Morgan fingerprint density at radius 1 is 1.50 bits per heavy atom. The van der Waals surface area contributed by atoms with Crippen LogP contribution in [0.2, 0.25) is 0 Å². The van der Waals surface area contributed by atoms with Crippen LogP contribution in [0.15, 0.2) is 0 Å². The summed E-state index contributed by atoms with van der Waals surface area (Å²) in [6.45, 7) is 4.78. The number of carbonyl (C=O) groups is 1. The van der Waals surface area contributed by atoms with Crippen LogP contribution in [0.1, 0.15) is 39.5 Å². The van der Waals surface area contributed by atoms with Crippen molar-refractivity contribution in [3.63, 3.8) is 0 Å². The van der Waals surface area contributed by atoms with Crippen molar-refractivity contribution in [3.8, 4) is 0 Å². The number of Topliss-reactive ketones (excluding diaryl/α,β-unsaturated/α-hetero) is 1. The molecule has 2 nitrogen and oxygen atoms in total. The third-order valence-electron chi connectivity index (χ3n) is 2.08. The summed E-state index contributed by atoms with van der Waals surface area (Å²) < 4.78 is 4.91. The largest absolute Gasteiger partial charge is 0.385 e. The van der Waals surface area contributed by atoms with E-state index >= 15 is 0 Å². The molecule has 0 spiro atoms. The van der Waals surface area contributed by atoms with Crippen LogP contribution < -0.4 is 0 Å². The molecule has 72 valence electrons. The molecule has 0 aliphatic carbocycles. The summed E-state index contributed by atoms with van der Waals surface area (Å²) in [7, 11) is 1.67. The minimum absolute atomic E-state index is 0.177. The minimum atomic E-state index is 0.177. The first-order valence-corrected chi connectivity index (χ1v) is 4.74. The molecule has 1 atom stereocenters. The minimum Gasteiger partial charge on any atom is -0.385 e. The monoisotopic (exact) mass is 172 g/mol. The van der Waals surface area contributed by atoms with Gasteiger partial charge in [0.05, 0.1) is 0 Å². The normalized spacial score (nSPS) is 12.9. The molecule has 1 unspecified atom stereocenters. The lowest BCUT2D eigenvalue weighted by molar-refractivity contribution is -0.123. The number of carbonyl (C=O) groups excluding carboxylic acids is 1. The number of hydrogen-bond acceptors (Lipinski definition) is 2. The molecule has 0 aliphatic heterocycles.